The fourth-order valence-electron chi connectivity index (χ4n) is 1.46. The van der Waals surface area contributed by atoms with Crippen molar-refractivity contribution in [1.82, 2.24) is 4.98 Å². The molecule has 86 valence electrons. The van der Waals surface area contributed by atoms with Gasteiger partial charge in [-0.15, -0.1) is 0 Å². The molecule has 1 fully saturated rings. The predicted octanol–water partition coefficient (Wildman–Crippen LogP) is 1.93. The number of esters is 1. The second kappa shape index (κ2) is 3.90. The van der Waals surface area contributed by atoms with E-state index in [1.165, 1.54) is 13.2 Å². The molecule has 1 heterocycles. The first-order valence-corrected chi connectivity index (χ1v) is 5.10. The van der Waals surface area contributed by atoms with Crippen LogP contribution in [-0.2, 0) is 4.74 Å². The molecule has 1 aliphatic rings. The van der Waals surface area contributed by atoms with Crippen molar-refractivity contribution in [3.05, 3.63) is 22.5 Å². The van der Waals surface area contributed by atoms with E-state index in [0.717, 1.165) is 0 Å². The maximum atomic E-state index is 12.9. The van der Waals surface area contributed by atoms with Crippen molar-refractivity contribution in [1.29, 1.82) is 0 Å². The van der Waals surface area contributed by atoms with Crippen LogP contribution in [0.3, 0.4) is 0 Å². The molecule has 1 aliphatic carbocycles. The second-order valence-corrected chi connectivity index (χ2v) is 4.03. The van der Waals surface area contributed by atoms with Crippen molar-refractivity contribution in [2.24, 2.45) is 0 Å². The number of rotatable bonds is 2. The van der Waals surface area contributed by atoms with Gasteiger partial charge in [-0.1, -0.05) is 11.6 Å². The number of carbonyl (C=O) groups is 1. The van der Waals surface area contributed by atoms with Crippen LogP contribution >= 0.6 is 11.6 Å². The third-order valence-electron chi connectivity index (χ3n) is 2.48. The summed E-state index contributed by atoms with van der Waals surface area (Å²) in [5, 5.41) is 0.0478. The highest BCUT2D eigenvalue weighted by Gasteiger charge is 2.40. The maximum Gasteiger partial charge on any atom is 0.358 e. The van der Waals surface area contributed by atoms with E-state index in [-0.39, 0.29) is 22.3 Å². The summed E-state index contributed by atoms with van der Waals surface area (Å²) in [6.07, 6.45) is -0.493. The van der Waals surface area contributed by atoms with Gasteiger partial charge in [0.25, 0.3) is 0 Å². The predicted molar refractivity (Wildman–Crippen MR) is 57.3 cm³/mol. The van der Waals surface area contributed by atoms with Gasteiger partial charge in [0.2, 0.25) is 0 Å². The Bertz CT molecular complexity index is 453. The average Bonchev–Trinajstić information content (AvgIpc) is 2.98. The van der Waals surface area contributed by atoms with Gasteiger partial charge < -0.3 is 10.5 Å². The lowest BCUT2D eigenvalue weighted by Gasteiger charge is -2.07. The zero-order valence-corrected chi connectivity index (χ0v) is 9.29. The first kappa shape index (κ1) is 11.1. The number of ether oxygens (including phenoxy) is 1. The third-order valence-corrected chi connectivity index (χ3v) is 2.87. The Morgan fingerprint density at radius 3 is 2.88 bits per heavy atom. The lowest BCUT2D eigenvalue weighted by Crippen LogP contribution is -2.09. The van der Waals surface area contributed by atoms with Crippen LogP contribution < -0.4 is 5.73 Å². The zero-order chi connectivity index (χ0) is 11.9. The summed E-state index contributed by atoms with van der Waals surface area (Å²) in [7, 11) is 1.22. The van der Waals surface area contributed by atoms with Crippen molar-refractivity contribution in [3.8, 4) is 0 Å². The van der Waals surface area contributed by atoms with Crippen molar-refractivity contribution >= 4 is 23.3 Å². The summed E-state index contributed by atoms with van der Waals surface area (Å²) < 4.78 is 17.4. The summed E-state index contributed by atoms with van der Waals surface area (Å²) in [5.41, 5.74) is 6.23. The molecule has 0 spiro atoms. The largest absolute Gasteiger partial charge is 0.464 e. The molecule has 1 saturated carbocycles. The van der Waals surface area contributed by atoms with Crippen LogP contribution in [0.2, 0.25) is 5.02 Å². The molecular formula is C10H10ClFN2O2. The smallest absolute Gasteiger partial charge is 0.358 e. The number of carbonyl (C=O) groups excluding carboxylic acids is 1. The molecule has 2 unspecified atom stereocenters. The number of pyridine rings is 1. The first-order valence-electron chi connectivity index (χ1n) is 4.73. The van der Waals surface area contributed by atoms with Crippen molar-refractivity contribution in [2.75, 3.05) is 12.8 Å². The van der Waals surface area contributed by atoms with Gasteiger partial charge in [-0.05, 0) is 12.5 Å². The van der Waals surface area contributed by atoms with Crippen LogP contribution in [0.4, 0.5) is 10.1 Å². The second-order valence-electron chi connectivity index (χ2n) is 3.65. The van der Waals surface area contributed by atoms with E-state index in [2.05, 4.69) is 9.72 Å². The minimum atomic E-state index is -0.904. The normalized spacial score (nSPS) is 22.9. The first-order chi connectivity index (χ1) is 7.54. The fourth-order valence-corrected chi connectivity index (χ4v) is 1.64. The Labute approximate surface area is 96.6 Å². The topological polar surface area (TPSA) is 65.2 Å². The zero-order valence-electron chi connectivity index (χ0n) is 8.54. The Hall–Kier alpha value is -1.36. The van der Waals surface area contributed by atoms with Gasteiger partial charge in [0.15, 0.2) is 5.69 Å². The van der Waals surface area contributed by atoms with Crippen LogP contribution in [0.15, 0.2) is 6.07 Å². The lowest BCUT2D eigenvalue weighted by molar-refractivity contribution is 0.0594. The molecule has 2 atom stereocenters. The monoisotopic (exact) mass is 244 g/mol. The van der Waals surface area contributed by atoms with Crippen LogP contribution in [0.25, 0.3) is 0 Å². The number of alkyl halides is 1. The number of hydrogen-bond donors (Lipinski definition) is 1. The fraction of sp³-hybridized carbons (Fsp3) is 0.400. The van der Waals surface area contributed by atoms with E-state index < -0.39 is 12.1 Å². The summed E-state index contributed by atoms with van der Waals surface area (Å²) in [6, 6.07) is 1.50. The molecule has 2 N–H and O–H groups in total. The summed E-state index contributed by atoms with van der Waals surface area (Å²) in [6.45, 7) is 0. The third kappa shape index (κ3) is 1.82. The van der Waals surface area contributed by atoms with Gasteiger partial charge in [0.05, 0.1) is 17.8 Å². The minimum Gasteiger partial charge on any atom is -0.464 e. The number of nitrogen functional groups attached to an aromatic ring is 1. The van der Waals surface area contributed by atoms with E-state index >= 15 is 0 Å². The highest BCUT2D eigenvalue weighted by atomic mass is 35.5. The van der Waals surface area contributed by atoms with Gasteiger partial charge in [-0.25, -0.2) is 14.2 Å². The molecule has 4 nitrogen and oxygen atoms in total. The Morgan fingerprint density at radius 2 is 2.38 bits per heavy atom. The number of nitrogens with two attached hydrogens (primary N) is 1. The van der Waals surface area contributed by atoms with Crippen LogP contribution in [0.1, 0.15) is 28.5 Å². The quantitative estimate of drug-likeness (QED) is 0.808. The standard InChI is InChI=1S/C10H10ClFN2O2/c1-16-10(15)9-8(11)6(13)3-7(14-9)4-2-5(4)12/h3-5H,2H2,1H3,(H2,13,14). The minimum absolute atomic E-state index is 0.0478. The molecule has 0 aliphatic heterocycles. The van der Waals surface area contributed by atoms with E-state index in [0.29, 0.717) is 12.1 Å². The molecule has 0 bridgehead atoms. The van der Waals surface area contributed by atoms with Crippen LogP contribution in [0, 0.1) is 0 Å². The summed E-state index contributed by atoms with van der Waals surface area (Å²) in [4.78, 5) is 15.3. The van der Waals surface area contributed by atoms with E-state index in [1.807, 2.05) is 0 Å². The van der Waals surface area contributed by atoms with Crippen LogP contribution in [-0.4, -0.2) is 24.2 Å². The molecular weight excluding hydrogens is 235 g/mol. The maximum absolute atomic E-state index is 12.9. The number of hydrogen-bond acceptors (Lipinski definition) is 4. The van der Waals surface area contributed by atoms with E-state index in [9.17, 15) is 9.18 Å². The molecule has 0 amide bonds. The van der Waals surface area contributed by atoms with Gasteiger partial charge in [0.1, 0.15) is 6.17 Å². The number of anilines is 1. The molecule has 0 saturated heterocycles. The Kier molecular flexibility index (Phi) is 2.71. The summed E-state index contributed by atoms with van der Waals surface area (Å²) in [5.74, 6) is -0.947. The highest BCUT2D eigenvalue weighted by Crippen LogP contribution is 2.43. The highest BCUT2D eigenvalue weighted by molar-refractivity contribution is 6.35. The molecule has 6 heteroatoms. The number of aromatic nitrogens is 1. The SMILES string of the molecule is COC(=O)c1nc(C2CC2F)cc(N)c1Cl. The van der Waals surface area contributed by atoms with Gasteiger partial charge >= 0.3 is 5.97 Å². The Balaban J connectivity index is 2.43. The van der Waals surface area contributed by atoms with Gasteiger partial charge in [0, 0.05) is 11.6 Å². The molecule has 16 heavy (non-hydrogen) atoms. The number of methoxy groups -OCH3 is 1. The van der Waals surface area contributed by atoms with E-state index in [1.54, 1.807) is 0 Å². The van der Waals surface area contributed by atoms with Crippen molar-refractivity contribution in [2.45, 2.75) is 18.5 Å². The molecule has 0 radical (unpaired) electrons. The van der Waals surface area contributed by atoms with E-state index in [4.69, 9.17) is 17.3 Å². The Morgan fingerprint density at radius 1 is 1.75 bits per heavy atom. The molecule has 2 rings (SSSR count). The van der Waals surface area contributed by atoms with Crippen LogP contribution in [0.5, 0.6) is 0 Å². The van der Waals surface area contributed by atoms with Gasteiger partial charge in [-0.2, -0.15) is 0 Å². The lowest BCUT2D eigenvalue weighted by atomic mass is 10.2. The average molecular weight is 245 g/mol. The van der Waals surface area contributed by atoms with Crippen molar-refractivity contribution < 1.29 is 13.9 Å². The molecule has 1 aromatic heterocycles. The summed E-state index contributed by atoms with van der Waals surface area (Å²) >= 11 is 5.82. The number of halogens is 2. The van der Waals surface area contributed by atoms with Gasteiger partial charge in [-0.3, -0.25) is 0 Å². The molecule has 0 aromatic carbocycles. The molecule has 1 aromatic rings. The number of nitrogens with zero attached hydrogens (tertiary/aromatic N) is 1. The van der Waals surface area contributed by atoms with Crippen molar-refractivity contribution in [3.63, 3.8) is 0 Å².